The molecule has 8 heteroatoms. The minimum atomic E-state index is -0.360. The van der Waals surface area contributed by atoms with Gasteiger partial charge in [0.25, 0.3) is 5.91 Å². The van der Waals surface area contributed by atoms with Crippen LogP contribution in [0.2, 0.25) is 0 Å². The maximum Gasteiger partial charge on any atom is 0.268 e. The number of hydrogen-bond donors (Lipinski definition) is 4. The number of rotatable bonds is 8. The Hall–Kier alpha value is -3.94. The Kier molecular flexibility index (Phi) is 5.79. The molecule has 0 aliphatic heterocycles. The average Bonchev–Trinajstić information content (AvgIpc) is 3.40. The first-order valence-electron chi connectivity index (χ1n) is 9.93. The average molecular weight is 420 g/mol. The lowest BCUT2D eigenvalue weighted by atomic mass is 10.1. The highest BCUT2D eigenvalue weighted by Crippen LogP contribution is 2.32. The van der Waals surface area contributed by atoms with E-state index in [4.69, 9.17) is 9.47 Å². The van der Waals surface area contributed by atoms with E-state index in [1.54, 1.807) is 32.4 Å². The molecule has 2 amide bonds. The van der Waals surface area contributed by atoms with E-state index in [2.05, 4.69) is 26.7 Å². The number of fused-ring (bicyclic) bond motifs is 2. The third kappa shape index (κ3) is 4.32. The predicted molar refractivity (Wildman–Crippen MR) is 119 cm³/mol. The van der Waals surface area contributed by atoms with Crippen molar-refractivity contribution >= 4 is 33.6 Å². The number of para-hydroxylation sites is 1. The number of benzene rings is 2. The van der Waals surface area contributed by atoms with Crippen LogP contribution in [-0.4, -0.2) is 49.1 Å². The predicted octanol–water partition coefficient (Wildman–Crippen LogP) is 2.76. The number of carbonyl (C=O) groups excluding carboxylic acids is 2. The highest BCUT2D eigenvalue weighted by atomic mass is 16.5. The molecule has 0 aliphatic rings. The van der Waals surface area contributed by atoms with E-state index in [0.29, 0.717) is 30.2 Å². The Morgan fingerprint density at radius 3 is 2.55 bits per heavy atom. The Labute approximate surface area is 178 Å². The summed E-state index contributed by atoms with van der Waals surface area (Å²) in [7, 11) is 3.11. The van der Waals surface area contributed by atoms with Crippen molar-refractivity contribution in [1.29, 1.82) is 0 Å². The summed E-state index contributed by atoms with van der Waals surface area (Å²) in [5, 5.41) is 7.44. The van der Waals surface area contributed by atoms with Gasteiger partial charge in [0.05, 0.1) is 20.8 Å². The van der Waals surface area contributed by atoms with E-state index in [1.165, 1.54) is 0 Å². The van der Waals surface area contributed by atoms with Crippen LogP contribution in [0.5, 0.6) is 11.5 Å². The molecule has 8 nitrogen and oxygen atoms in total. The van der Waals surface area contributed by atoms with E-state index in [9.17, 15) is 9.59 Å². The van der Waals surface area contributed by atoms with E-state index in [0.717, 1.165) is 27.4 Å². The highest BCUT2D eigenvalue weighted by molar-refractivity contribution is 6.00. The van der Waals surface area contributed by atoms with Crippen molar-refractivity contribution in [3.8, 4) is 11.5 Å². The minimum Gasteiger partial charge on any atom is -0.493 e. The van der Waals surface area contributed by atoms with Crippen molar-refractivity contribution in [2.45, 2.75) is 6.42 Å². The van der Waals surface area contributed by atoms with Gasteiger partial charge in [0.2, 0.25) is 5.91 Å². The first-order chi connectivity index (χ1) is 15.1. The topological polar surface area (TPSA) is 108 Å². The molecule has 0 saturated carbocycles. The molecular weight excluding hydrogens is 396 g/mol. The molecule has 0 spiro atoms. The van der Waals surface area contributed by atoms with Gasteiger partial charge in [0, 0.05) is 40.6 Å². The number of ether oxygens (including phenoxy) is 2. The zero-order valence-electron chi connectivity index (χ0n) is 17.4. The van der Waals surface area contributed by atoms with Crippen LogP contribution in [0, 0.1) is 0 Å². The van der Waals surface area contributed by atoms with Crippen LogP contribution in [0.15, 0.2) is 48.7 Å². The van der Waals surface area contributed by atoms with Gasteiger partial charge in [-0.3, -0.25) is 9.59 Å². The summed E-state index contributed by atoms with van der Waals surface area (Å²) in [6.07, 6.45) is 2.66. The fraction of sp³-hybridized carbons (Fsp3) is 0.217. The third-order valence-electron chi connectivity index (χ3n) is 5.17. The first-order valence-corrected chi connectivity index (χ1v) is 9.93. The summed E-state index contributed by atoms with van der Waals surface area (Å²) >= 11 is 0. The van der Waals surface area contributed by atoms with Crippen molar-refractivity contribution in [3.63, 3.8) is 0 Å². The molecule has 0 unspecified atom stereocenters. The van der Waals surface area contributed by atoms with Crippen LogP contribution in [0.1, 0.15) is 16.1 Å². The number of nitrogens with one attached hydrogen (secondary N) is 4. The SMILES string of the molecule is COc1cc2cc(C(=O)NCC(=O)NCCc3c[nH]c4ccccc34)[nH]c2cc1OC. The summed E-state index contributed by atoms with van der Waals surface area (Å²) in [6.45, 7) is 0.386. The fourth-order valence-corrected chi connectivity index (χ4v) is 3.57. The van der Waals surface area contributed by atoms with E-state index in [1.807, 2.05) is 24.4 Å². The summed E-state index contributed by atoms with van der Waals surface area (Å²) in [4.78, 5) is 30.8. The number of aromatic nitrogens is 2. The molecule has 0 atom stereocenters. The molecule has 2 heterocycles. The Bertz CT molecular complexity index is 1200. The van der Waals surface area contributed by atoms with Gasteiger partial charge < -0.3 is 30.1 Å². The zero-order chi connectivity index (χ0) is 21.8. The van der Waals surface area contributed by atoms with Gasteiger partial charge in [0.1, 0.15) is 5.69 Å². The number of aromatic amines is 2. The van der Waals surface area contributed by atoms with Gasteiger partial charge in [-0.2, -0.15) is 0 Å². The van der Waals surface area contributed by atoms with Gasteiger partial charge in [-0.1, -0.05) is 18.2 Å². The molecule has 4 N–H and O–H groups in total. The maximum atomic E-state index is 12.4. The second-order valence-corrected chi connectivity index (χ2v) is 7.12. The number of methoxy groups -OCH3 is 2. The van der Waals surface area contributed by atoms with Crippen LogP contribution in [-0.2, 0) is 11.2 Å². The van der Waals surface area contributed by atoms with Gasteiger partial charge in [-0.25, -0.2) is 0 Å². The molecule has 0 bridgehead atoms. The summed E-state index contributed by atoms with van der Waals surface area (Å²) < 4.78 is 10.6. The Morgan fingerprint density at radius 2 is 1.74 bits per heavy atom. The number of hydrogen-bond acceptors (Lipinski definition) is 4. The summed E-state index contributed by atoms with van der Waals surface area (Å²) in [6, 6.07) is 13.3. The highest BCUT2D eigenvalue weighted by Gasteiger charge is 2.14. The summed E-state index contributed by atoms with van der Waals surface area (Å²) in [5.74, 6) is 0.544. The minimum absolute atomic E-state index is 0.102. The maximum absolute atomic E-state index is 12.4. The fourth-order valence-electron chi connectivity index (χ4n) is 3.57. The molecule has 2 aromatic carbocycles. The smallest absolute Gasteiger partial charge is 0.268 e. The molecule has 4 rings (SSSR count). The van der Waals surface area contributed by atoms with Crippen molar-refractivity contribution in [3.05, 3.63) is 59.9 Å². The largest absolute Gasteiger partial charge is 0.493 e. The molecule has 0 aliphatic carbocycles. The van der Waals surface area contributed by atoms with Gasteiger partial charge in [-0.15, -0.1) is 0 Å². The molecule has 0 fully saturated rings. The summed E-state index contributed by atoms with van der Waals surface area (Å²) in [5.41, 5.74) is 3.32. The van der Waals surface area contributed by atoms with Crippen LogP contribution < -0.4 is 20.1 Å². The van der Waals surface area contributed by atoms with Crippen molar-refractivity contribution in [2.75, 3.05) is 27.3 Å². The molecular formula is C23H24N4O4. The van der Waals surface area contributed by atoms with E-state index >= 15 is 0 Å². The standard InChI is InChI=1S/C23H24N4O4/c1-30-20-10-15-9-19(27-18(15)11-21(20)31-2)23(29)26-13-22(28)24-8-7-14-12-25-17-6-4-3-5-16(14)17/h3-6,9-12,25,27H,7-8,13H2,1-2H3,(H,24,28)(H,26,29). The van der Waals surface area contributed by atoms with Crippen molar-refractivity contribution in [2.24, 2.45) is 0 Å². The van der Waals surface area contributed by atoms with Crippen LogP contribution in [0.3, 0.4) is 0 Å². The quantitative estimate of drug-likeness (QED) is 0.351. The van der Waals surface area contributed by atoms with Crippen LogP contribution in [0.25, 0.3) is 21.8 Å². The lowest BCUT2D eigenvalue weighted by Gasteiger charge is -2.06. The van der Waals surface area contributed by atoms with Gasteiger partial charge in [0.15, 0.2) is 11.5 Å². The molecule has 4 aromatic rings. The second kappa shape index (κ2) is 8.83. The Morgan fingerprint density at radius 1 is 0.968 bits per heavy atom. The van der Waals surface area contributed by atoms with Gasteiger partial charge >= 0.3 is 0 Å². The molecule has 0 radical (unpaired) electrons. The molecule has 0 saturated heterocycles. The van der Waals surface area contributed by atoms with E-state index in [-0.39, 0.29) is 18.4 Å². The number of H-pyrrole nitrogens is 2. The molecule has 2 aromatic heterocycles. The zero-order valence-corrected chi connectivity index (χ0v) is 17.4. The van der Waals surface area contributed by atoms with Crippen LogP contribution >= 0.6 is 0 Å². The second-order valence-electron chi connectivity index (χ2n) is 7.12. The number of carbonyl (C=O) groups is 2. The Balaban J connectivity index is 1.30. The lowest BCUT2D eigenvalue weighted by Crippen LogP contribution is -2.37. The molecule has 160 valence electrons. The van der Waals surface area contributed by atoms with Crippen molar-refractivity contribution < 1.29 is 19.1 Å². The van der Waals surface area contributed by atoms with Crippen LogP contribution in [0.4, 0.5) is 0 Å². The van der Waals surface area contributed by atoms with E-state index < -0.39 is 0 Å². The van der Waals surface area contributed by atoms with Gasteiger partial charge in [-0.05, 0) is 30.2 Å². The lowest BCUT2D eigenvalue weighted by molar-refractivity contribution is -0.120. The molecule has 31 heavy (non-hydrogen) atoms. The monoisotopic (exact) mass is 420 g/mol. The first kappa shape index (κ1) is 20.3. The van der Waals surface area contributed by atoms with Crippen molar-refractivity contribution in [1.82, 2.24) is 20.6 Å². The number of amides is 2. The third-order valence-corrected chi connectivity index (χ3v) is 5.17. The normalized spacial score (nSPS) is 10.9.